The predicted octanol–water partition coefficient (Wildman–Crippen LogP) is 3.53. The minimum absolute atomic E-state index is 0.293. The molecule has 0 aliphatic carbocycles. The van der Waals surface area contributed by atoms with E-state index in [1.807, 2.05) is 24.3 Å². The molecule has 0 aliphatic heterocycles. The Morgan fingerprint density at radius 3 is 2.96 bits per heavy atom. The normalized spacial score (nSPS) is 10.9. The maximum atomic E-state index is 13.3. The molecule has 4 rings (SSSR count). The fourth-order valence-electron chi connectivity index (χ4n) is 2.40. The van der Waals surface area contributed by atoms with Crippen molar-refractivity contribution in [3.63, 3.8) is 0 Å². The third kappa shape index (κ3) is 2.94. The Labute approximate surface area is 137 Å². The molecule has 5 nitrogen and oxygen atoms in total. The van der Waals surface area contributed by atoms with Crippen LogP contribution >= 0.6 is 0 Å². The SMILES string of the molecule is Fc1cccc(-n2ccc(COc3ccc4cncnc4c3)n2)c1. The number of fused-ring (bicyclic) bond motifs is 1. The number of rotatable bonds is 4. The summed E-state index contributed by atoms with van der Waals surface area (Å²) in [6.45, 7) is 0.318. The zero-order valence-corrected chi connectivity index (χ0v) is 12.6. The standard InChI is InChI=1S/C18H13FN4O/c19-14-2-1-3-16(8-14)23-7-6-15(22-23)11-24-17-5-4-13-10-20-12-21-18(13)9-17/h1-10,12H,11H2. The lowest BCUT2D eigenvalue weighted by molar-refractivity contribution is 0.301. The molecule has 0 spiro atoms. The molecule has 0 fully saturated rings. The molecule has 2 heterocycles. The number of nitrogens with zero attached hydrogens (tertiary/aromatic N) is 4. The molecule has 6 heteroatoms. The Balaban J connectivity index is 1.49. The molecule has 0 radical (unpaired) electrons. The van der Waals surface area contributed by atoms with E-state index in [0.29, 0.717) is 18.0 Å². The van der Waals surface area contributed by atoms with Gasteiger partial charge in [0.2, 0.25) is 0 Å². The average Bonchev–Trinajstić information content (AvgIpc) is 3.09. The van der Waals surface area contributed by atoms with Gasteiger partial charge in [-0.3, -0.25) is 0 Å². The van der Waals surface area contributed by atoms with Crippen molar-refractivity contribution in [3.8, 4) is 11.4 Å². The Kier molecular flexibility index (Phi) is 3.63. The summed E-state index contributed by atoms with van der Waals surface area (Å²) in [6.07, 6.45) is 5.04. The van der Waals surface area contributed by atoms with Crippen LogP contribution in [0.2, 0.25) is 0 Å². The Bertz CT molecular complexity index is 999. The molecule has 0 aliphatic rings. The van der Waals surface area contributed by atoms with Crippen LogP contribution in [0.3, 0.4) is 0 Å². The van der Waals surface area contributed by atoms with E-state index in [1.165, 1.54) is 18.5 Å². The molecule has 0 saturated heterocycles. The van der Waals surface area contributed by atoms with E-state index in [2.05, 4.69) is 15.1 Å². The lowest BCUT2D eigenvalue weighted by Crippen LogP contribution is -2.00. The zero-order valence-electron chi connectivity index (χ0n) is 12.6. The second kappa shape index (κ2) is 6.08. The van der Waals surface area contributed by atoms with Gasteiger partial charge in [-0.05, 0) is 36.4 Å². The van der Waals surface area contributed by atoms with Crippen LogP contribution in [0.4, 0.5) is 4.39 Å². The van der Waals surface area contributed by atoms with E-state index in [-0.39, 0.29) is 5.82 Å². The molecular formula is C18H13FN4O. The number of aromatic nitrogens is 4. The van der Waals surface area contributed by atoms with Crippen molar-refractivity contribution in [2.24, 2.45) is 0 Å². The second-order valence-corrected chi connectivity index (χ2v) is 5.26. The smallest absolute Gasteiger partial charge is 0.132 e. The molecule has 0 amide bonds. The Morgan fingerprint density at radius 1 is 1.08 bits per heavy atom. The van der Waals surface area contributed by atoms with Gasteiger partial charge >= 0.3 is 0 Å². The highest BCUT2D eigenvalue weighted by atomic mass is 19.1. The monoisotopic (exact) mass is 320 g/mol. The first-order chi connectivity index (χ1) is 11.8. The second-order valence-electron chi connectivity index (χ2n) is 5.26. The molecule has 4 aromatic rings. The first-order valence-corrected chi connectivity index (χ1v) is 7.41. The van der Waals surface area contributed by atoms with Crippen molar-refractivity contribution in [2.45, 2.75) is 6.61 Å². The highest BCUT2D eigenvalue weighted by molar-refractivity contribution is 5.78. The van der Waals surface area contributed by atoms with Crippen LogP contribution in [0.15, 0.2) is 67.3 Å². The van der Waals surface area contributed by atoms with Crippen LogP contribution in [0.1, 0.15) is 5.69 Å². The fourth-order valence-corrected chi connectivity index (χ4v) is 2.40. The predicted molar refractivity (Wildman–Crippen MR) is 87.4 cm³/mol. The van der Waals surface area contributed by atoms with Crippen molar-refractivity contribution in [1.29, 1.82) is 0 Å². The zero-order chi connectivity index (χ0) is 16.4. The van der Waals surface area contributed by atoms with Crippen molar-refractivity contribution >= 4 is 10.9 Å². The van der Waals surface area contributed by atoms with Crippen molar-refractivity contribution in [2.75, 3.05) is 0 Å². The van der Waals surface area contributed by atoms with E-state index in [4.69, 9.17) is 4.74 Å². The molecular weight excluding hydrogens is 307 g/mol. The number of ether oxygens (including phenoxy) is 1. The summed E-state index contributed by atoms with van der Waals surface area (Å²) in [5, 5.41) is 5.36. The minimum Gasteiger partial charge on any atom is -0.487 e. The molecule has 0 unspecified atom stereocenters. The van der Waals surface area contributed by atoms with Crippen molar-refractivity contribution in [1.82, 2.24) is 19.7 Å². The van der Waals surface area contributed by atoms with Gasteiger partial charge in [0.25, 0.3) is 0 Å². The summed E-state index contributed by atoms with van der Waals surface area (Å²) in [5.41, 5.74) is 2.25. The summed E-state index contributed by atoms with van der Waals surface area (Å²) in [4.78, 5) is 8.18. The third-order valence-electron chi connectivity index (χ3n) is 3.58. The van der Waals surface area contributed by atoms with Crippen LogP contribution in [-0.4, -0.2) is 19.7 Å². The minimum atomic E-state index is -0.293. The van der Waals surface area contributed by atoms with Gasteiger partial charge in [-0.25, -0.2) is 19.0 Å². The topological polar surface area (TPSA) is 52.8 Å². The van der Waals surface area contributed by atoms with E-state index in [9.17, 15) is 4.39 Å². The van der Waals surface area contributed by atoms with Crippen molar-refractivity contribution in [3.05, 3.63) is 78.8 Å². The van der Waals surface area contributed by atoms with E-state index < -0.39 is 0 Å². The maximum Gasteiger partial charge on any atom is 0.132 e. The maximum absolute atomic E-state index is 13.3. The molecule has 0 N–H and O–H groups in total. The van der Waals surface area contributed by atoms with Crippen LogP contribution < -0.4 is 4.74 Å². The summed E-state index contributed by atoms with van der Waals surface area (Å²) in [6, 6.07) is 13.8. The molecule has 118 valence electrons. The van der Waals surface area contributed by atoms with Crippen LogP contribution in [0, 0.1) is 5.82 Å². The lowest BCUT2D eigenvalue weighted by atomic mass is 10.2. The molecule has 0 atom stereocenters. The van der Waals surface area contributed by atoms with Crippen molar-refractivity contribution < 1.29 is 9.13 Å². The van der Waals surface area contributed by atoms with E-state index >= 15 is 0 Å². The molecule has 24 heavy (non-hydrogen) atoms. The largest absolute Gasteiger partial charge is 0.487 e. The summed E-state index contributed by atoms with van der Waals surface area (Å²) >= 11 is 0. The van der Waals surface area contributed by atoms with Gasteiger partial charge in [0.05, 0.1) is 11.2 Å². The number of hydrogen-bond donors (Lipinski definition) is 0. The van der Waals surface area contributed by atoms with Gasteiger partial charge in [-0.2, -0.15) is 5.10 Å². The number of halogens is 1. The first-order valence-electron chi connectivity index (χ1n) is 7.41. The van der Waals surface area contributed by atoms with Crippen LogP contribution in [-0.2, 0) is 6.61 Å². The highest BCUT2D eigenvalue weighted by Gasteiger charge is 2.04. The summed E-state index contributed by atoms with van der Waals surface area (Å²) in [7, 11) is 0. The molecule has 0 saturated carbocycles. The Hall–Kier alpha value is -3.28. The quantitative estimate of drug-likeness (QED) is 0.577. The fraction of sp³-hybridized carbons (Fsp3) is 0.0556. The molecule has 2 aromatic carbocycles. The first kappa shape index (κ1) is 14.3. The number of hydrogen-bond acceptors (Lipinski definition) is 4. The molecule has 2 aromatic heterocycles. The third-order valence-corrected chi connectivity index (χ3v) is 3.58. The average molecular weight is 320 g/mol. The summed E-state index contributed by atoms with van der Waals surface area (Å²) < 4.78 is 20.7. The molecule has 0 bridgehead atoms. The van der Waals surface area contributed by atoms with Crippen LogP contribution in [0.25, 0.3) is 16.6 Å². The van der Waals surface area contributed by atoms with Crippen LogP contribution in [0.5, 0.6) is 5.75 Å². The summed E-state index contributed by atoms with van der Waals surface area (Å²) in [5.74, 6) is 0.417. The van der Waals surface area contributed by atoms with E-state index in [0.717, 1.165) is 16.6 Å². The Morgan fingerprint density at radius 2 is 2.04 bits per heavy atom. The van der Waals surface area contributed by atoms with Gasteiger partial charge in [0.15, 0.2) is 0 Å². The van der Waals surface area contributed by atoms with Gasteiger partial charge in [-0.1, -0.05) is 6.07 Å². The van der Waals surface area contributed by atoms with Gasteiger partial charge in [0.1, 0.15) is 30.2 Å². The van der Waals surface area contributed by atoms with Gasteiger partial charge in [-0.15, -0.1) is 0 Å². The highest BCUT2D eigenvalue weighted by Crippen LogP contribution is 2.19. The van der Waals surface area contributed by atoms with E-state index in [1.54, 1.807) is 29.2 Å². The number of benzene rings is 2. The lowest BCUT2D eigenvalue weighted by Gasteiger charge is -2.05. The van der Waals surface area contributed by atoms with Gasteiger partial charge < -0.3 is 4.74 Å². The van der Waals surface area contributed by atoms with Gasteiger partial charge in [0, 0.05) is 23.8 Å².